The number of unbranched alkanes of at least 4 members (excludes halogenated alkanes) is 4. The lowest BCUT2D eigenvalue weighted by Crippen LogP contribution is -2.39. The topological polar surface area (TPSA) is 72.8 Å². The molecule has 1 aromatic rings. The van der Waals surface area contributed by atoms with Crippen LogP contribution >= 0.6 is 0 Å². The summed E-state index contributed by atoms with van der Waals surface area (Å²) in [7, 11) is 0. The fraction of sp³-hybridized carbons (Fsp3) is 0.636. The highest BCUT2D eigenvalue weighted by Gasteiger charge is 2.36. The van der Waals surface area contributed by atoms with E-state index >= 15 is 0 Å². The summed E-state index contributed by atoms with van der Waals surface area (Å²) in [5.74, 6) is 0.344. The third kappa shape index (κ3) is 9.72. The van der Waals surface area contributed by atoms with Crippen LogP contribution in [0.25, 0.3) is 0 Å². The molecule has 0 aliphatic heterocycles. The van der Waals surface area contributed by atoms with Crippen molar-refractivity contribution in [3.63, 3.8) is 0 Å². The third-order valence-electron chi connectivity index (χ3n) is 8.07. The molecule has 1 N–H and O–H groups in total. The fourth-order valence-corrected chi connectivity index (χ4v) is 5.60. The van der Waals surface area contributed by atoms with Crippen molar-refractivity contribution in [2.75, 3.05) is 19.8 Å². The highest BCUT2D eigenvalue weighted by Crippen LogP contribution is 2.39. The molecule has 1 aliphatic rings. The summed E-state index contributed by atoms with van der Waals surface area (Å²) in [6.45, 7) is 12.8. The van der Waals surface area contributed by atoms with E-state index in [1.165, 1.54) is 69.8 Å². The Morgan fingerprint density at radius 1 is 0.895 bits per heavy atom. The second-order valence-electron chi connectivity index (χ2n) is 11.3. The summed E-state index contributed by atoms with van der Waals surface area (Å²) in [6.07, 6.45) is 14.7. The lowest BCUT2D eigenvalue weighted by atomic mass is 9.75. The van der Waals surface area contributed by atoms with Crippen molar-refractivity contribution in [1.82, 2.24) is 0 Å². The summed E-state index contributed by atoms with van der Waals surface area (Å²) < 4.78 is 11.2. The molecule has 0 radical (unpaired) electrons. The molecule has 1 saturated carbocycles. The van der Waals surface area contributed by atoms with Gasteiger partial charge in [0.1, 0.15) is 13.2 Å². The van der Waals surface area contributed by atoms with Crippen LogP contribution in [0.15, 0.2) is 48.6 Å². The number of rotatable bonds is 17. The summed E-state index contributed by atoms with van der Waals surface area (Å²) in [6, 6.07) is 8.61. The Morgan fingerprint density at radius 3 is 2.05 bits per heavy atom. The maximum Gasteiger partial charge on any atom is 0.335 e. The van der Waals surface area contributed by atoms with Gasteiger partial charge in [0, 0.05) is 5.57 Å². The van der Waals surface area contributed by atoms with Crippen LogP contribution in [0.1, 0.15) is 115 Å². The first kappa shape index (κ1) is 31.8. The quantitative estimate of drug-likeness (QED) is 0.129. The van der Waals surface area contributed by atoms with Gasteiger partial charge in [0.15, 0.2) is 0 Å². The highest BCUT2D eigenvalue weighted by molar-refractivity contribution is 5.88. The van der Waals surface area contributed by atoms with Gasteiger partial charge in [-0.05, 0) is 62.0 Å². The Bertz CT molecular complexity index is 894. The van der Waals surface area contributed by atoms with Gasteiger partial charge in [0.25, 0.3) is 0 Å². The minimum Gasteiger partial charge on any atom is -0.461 e. The first-order valence-corrected chi connectivity index (χ1v) is 14.6. The van der Waals surface area contributed by atoms with Crippen LogP contribution in [0, 0.1) is 5.92 Å². The van der Waals surface area contributed by atoms with Crippen molar-refractivity contribution in [3.05, 3.63) is 59.7 Å². The van der Waals surface area contributed by atoms with Crippen LogP contribution in [0.5, 0.6) is 0 Å². The molecule has 38 heavy (non-hydrogen) atoms. The standard InChI is InChI=1S/C33H50O5/c1-6-8-9-10-11-12-27-13-15-28(16-14-27)29-17-19-30(20-18-29)33(21-7-2,23-37-31(35)25(3)4)24-38-32(36)26(5)22-34/h17-20,27-28,34H,3,5-16,21-24H2,1-2,4H3. The van der Waals surface area contributed by atoms with E-state index in [9.17, 15) is 14.7 Å². The Hall–Kier alpha value is -2.40. The van der Waals surface area contributed by atoms with E-state index in [0.29, 0.717) is 17.9 Å². The molecule has 0 aromatic heterocycles. The molecular formula is C33H50O5. The molecule has 2 rings (SSSR count). The van der Waals surface area contributed by atoms with Crippen molar-refractivity contribution in [3.8, 4) is 0 Å². The number of hydrogen-bond acceptors (Lipinski definition) is 5. The number of aliphatic hydroxyl groups excluding tert-OH is 1. The lowest BCUT2D eigenvalue weighted by molar-refractivity contribution is -0.146. The third-order valence-corrected chi connectivity index (χ3v) is 8.07. The van der Waals surface area contributed by atoms with Crippen LogP contribution in [-0.2, 0) is 24.5 Å². The number of carbonyl (C=O) groups excluding carboxylic acids is 2. The second kappa shape index (κ2) is 16.5. The maximum atomic E-state index is 12.3. The molecule has 0 saturated heterocycles. The summed E-state index contributed by atoms with van der Waals surface area (Å²) >= 11 is 0. The number of aliphatic hydroxyl groups is 1. The van der Waals surface area contributed by atoms with Crippen molar-refractivity contribution in [1.29, 1.82) is 0 Å². The van der Waals surface area contributed by atoms with Crippen LogP contribution in [-0.4, -0.2) is 36.9 Å². The van der Waals surface area contributed by atoms with Gasteiger partial charge in [-0.15, -0.1) is 0 Å². The van der Waals surface area contributed by atoms with E-state index in [1.54, 1.807) is 6.92 Å². The molecule has 1 aliphatic carbocycles. The number of hydrogen-bond donors (Lipinski definition) is 1. The summed E-state index contributed by atoms with van der Waals surface area (Å²) in [5, 5.41) is 9.26. The molecule has 0 amide bonds. The molecule has 1 aromatic carbocycles. The van der Waals surface area contributed by atoms with Crippen molar-refractivity contribution in [2.45, 2.75) is 109 Å². The molecular weight excluding hydrogens is 476 g/mol. The molecule has 0 spiro atoms. The zero-order valence-corrected chi connectivity index (χ0v) is 24.1. The summed E-state index contributed by atoms with van der Waals surface area (Å²) in [5.41, 5.74) is 1.96. The molecule has 1 fully saturated rings. The van der Waals surface area contributed by atoms with Crippen LogP contribution in [0.2, 0.25) is 0 Å². The monoisotopic (exact) mass is 526 g/mol. The molecule has 0 bridgehead atoms. The smallest absolute Gasteiger partial charge is 0.335 e. The van der Waals surface area contributed by atoms with Crippen LogP contribution in [0.4, 0.5) is 0 Å². The number of benzene rings is 1. The molecule has 1 unspecified atom stereocenters. The SMILES string of the molecule is C=C(C)C(=O)OCC(CCC)(COC(=O)C(=C)CO)c1ccc(C2CCC(CCCCCCC)CC2)cc1. The van der Waals surface area contributed by atoms with E-state index in [0.717, 1.165) is 17.9 Å². The largest absolute Gasteiger partial charge is 0.461 e. The van der Waals surface area contributed by atoms with Gasteiger partial charge in [-0.25, -0.2) is 9.59 Å². The number of esters is 2. The van der Waals surface area contributed by atoms with Gasteiger partial charge < -0.3 is 14.6 Å². The normalized spacial score (nSPS) is 18.8. The van der Waals surface area contributed by atoms with Gasteiger partial charge in [0.2, 0.25) is 0 Å². The van der Waals surface area contributed by atoms with Gasteiger partial charge in [-0.1, -0.05) is 96.2 Å². The minimum absolute atomic E-state index is 0.00115. The molecule has 5 nitrogen and oxygen atoms in total. The number of carbonyl (C=O) groups is 2. The second-order valence-corrected chi connectivity index (χ2v) is 11.3. The number of ether oxygens (including phenoxy) is 2. The average Bonchev–Trinajstić information content (AvgIpc) is 2.94. The van der Waals surface area contributed by atoms with Crippen molar-refractivity contribution < 1.29 is 24.2 Å². The van der Waals surface area contributed by atoms with Gasteiger partial charge in [0.05, 0.1) is 17.6 Å². The lowest BCUT2D eigenvalue weighted by Gasteiger charge is -2.34. The first-order chi connectivity index (χ1) is 18.3. The Balaban J connectivity index is 2.11. The Morgan fingerprint density at radius 2 is 1.50 bits per heavy atom. The highest BCUT2D eigenvalue weighted by atomic mass is 16.5. The molecule has 1 atom stereocenters. The van der Waals surface area contributed by atoms with E-state index in [1.807, 2.05) is 0 Å². The van der Waals surface area contributed by atoms with Gasteiger partial charge >= 0.3 is 11.9 Å². The van der Waals surface area contributed by atoms with Crippen molar-refractivity contribution >= 4 is 11.9 Å². The summed E-state index contributed by atoms with van der Waals surface area (Å²) in [4.78, 5) is 24.5. The minimum atomic E-state index is -0.695. The van der Waals surface area contributed by atoms with Gasteiger partial charge in [-0.2, -0.15) is 0 Å². The first-order valence-electron chi connectivity index (χ1n) is 14.6. The van der Waals surface area contributed by atoms with Crippen LogP contribution in [0.3, 0.4) is 0 Å². The van der Waals surface area contributed by atoms with Crippen molar-refractivity contribution in [2.24, 2.45) is 5.92 Å². The zero-order chi connectivity index (χ0) is 28.0. The van der Waals surface area contributed by atoms with Gasteiger partial charge in [-0.3, -0.25) is 0 Å². The zero-order valence-electron chi connectivity index (χ0n) is 24.1. The molecule has 5 heteroatoms. The van der Waals surface area contributed by atoms with E-state index in [2.05, 4.69) is 51.3 Å². The van der Waals surface area contributed by atoms with E-state index < -0.39 is 24.0 Å². The van der Waals surface area contributed by atoms with E-state index in [-0.39, 0.29) is 18.8 Å². The molecule has 0 heterocycles. The predicted molar refractivity (Wildman–Crippen MR) is 154 cm³/mol. The average molecular weight is 527 g/mol. The van der Waals surface area contributed by atoms with Crippen LogP contribution < -0.4 is 0 Å². The Labute approximate surface area is 230 Å². The maximum absolute atomic E-state index is 12.3. The molecule has 212 valence electrons. The predicted octanol–water partition coefficient (Wildman–Crippen LogP) is 7.57. The fourth-order valence-electron chi connectivity index (χ4n) is 5.60. The Kier molecular flexibility index (Phi) is 13.8. The van der Waals surface area contributed by atoms with E-state index in [4.69, 9.17) is 9.47 Å².